The molecule has 5 heteroatoms. The Morgan fingerprint density at radius 2 is 1.60 bits per heavy atom. The molecule has 5 nitrogen and oxygen atoms in total. The highest BCUT2D eigenvalue weighted by Crippen LogP contribution is 2.39. The second-order valence-corrected chi connectivity index (χ2v) is 7.62. The maximum absolute atomic E-state index is 13.1. The number of carbonyl (C=O) groups is 1. The summed E-state index contributed by atoms with van der Waals surface area (Å²) in [6.07, 6.45) is 4.47. The number of piperidine rings is 1. The summed E-state index contributed by atoms with van der Waals surface area (Å²) in [4.78, 5) is 15.1. The molecule has 0 bridgehead atoms. The molecule has 130 valence electrons. The topological polar surface area (TPSA) is 79.9 Å². The zero-order valence-electron chi connectivity index (χ0n) is 15.3. The summed E-state index contributed by atoms with van der Waals surface area (Å²) in [5, 5.41) is 20.4. The lowest BCUT2D eigenvalue weighted by atomic mass is 9.79. The Morgan fingerprint density at radius 1 is 1.08 bits per heavy atom. The van der Waals surface area contributed by atoms with Crippen molar-refractivity contribution in [3.05, 3.63) is 41.6 Å². The minimum atomic E-state index is -0.174. The fourth-order valence-corrected chi connectivity index (χ4v) is 3.63. The van der Waals surface area contributed by atoms with E-state index in [4.69, 9.17) is 10.5 Å². The molecule has 0 aromatic heterocycles. The highest BCUT2D eigenvalue weighted by atomic mass is 16.2. The quantitative estimate of drug-likeness (QED) is 0.838. The lowest BCUT2D eigenvalue weighted by Gasteiger charge is -2.53. The summed E-state index contributed by atoms with van der Waals surface area (Å²) in [6.45, 7) is 8.49. The van der Waals surface area contributed by atoms with Gasteiger partial charge in [-0.05, 0) is 71.2 Å². The molecule has 1 aromatic rings. The fraction of sp³-hybridized carbons (Fsp3) is 0.450. The van der Waals surface area contributed by atoms with Gasteiger partial charge >= 0.3 is 0 Å². The van der Waals surface area contributed by atoms with Crippen LogP contribution in [0.3, 0.4) is 0 Å². The first-order valence-electron chi connectivity index (χ1n) is 8.43. The number of allylic oxidation sites excluding steroid dienone is 1. The second-order valence-electron chi connectivity index (χ2n) is 7.62. The van der Waals surface area contributed by atoms with E-state index in [1.807, 2.05) is 4.90 Å². The maximum atomic E-state index is 13.1. The van der Waals surface area contributed by atoms with Gasteiger partial charge < -0.3 is 10.2 Å². The van der Waals surface area contributed by atoms with E-state index in [0.717, 1.165) is 24.9 Å². The first-order chi connectivity index (χ1) is 11.7. The van der Waals surface area contributed by atoms with Crippen LogP contribution >= 0.6 is 0 Å². The molecule has 1 fully saturated rings. The molecule has 1 amide bonds. The minimum absolute atomic E-state index is 0.00281. The number of benzene rings is 1. The van der Waals surface area contributed by atoms with Crippen molar-refractivity contribution >= 4 is 11.6 Å². The first-order valence-corrected chi connectivity index (χ1v) is 8.43. The lowest BCUT2D eigenvalue weighted by Crippen LogP contribution is -2.60. The summed E-state index contributed by atoms with van der Waals surface area (Å²) < 4.78 is 0. The van der Waals surface area contributed by atoms with Gasteiger partial charge in [-0.3, -0.25) is 4.79 Å². The summed E-state index contributed by atoms with van der Waals surface area (Å²) in [5.41, 5.74) is 1.01. The van der Waals surface area contributed by atoms with Crippen LogP contribution in [0.1, 0.15) is 57.3 Å². The Labute approximate surface area is 149 Å². The van der Waals surface area contributed by atoms with Crippen LogP contribution in [0, 0.1) is 22.7 Å². The van der Waals surface area contributed by atoms with Crippen molar-refractivity contribution in [1.29, 1.82) is 10.5 Å². The van der Waals surface area contributed by atoms with Crippen LogP contribution in [-0.2, 0) is 0 Å². The van der Waals surface area contributed by atoms with Crippen LogP contribution in [0.4, 0.5) is 5.69 Å². The van der Waals surface area contributed by atoms with Crippen molar-refractivity contribution in [2.45, 2.75) is 58.0 Å². The Hall–Kier alpha value is -2.79. The van der Waals surface area contributed by atoms with Gasteiger partial charge in [0.05, 0.1) is 0 Å². The number of anilines is 1. The van der Waals surface area contributed by atoms with Gasteiger partial charge in [0.15, 0.2) is 0 Å². The first kappa shape index (κ1) is 18.5. The van der Waals surface area contributed by atoms with Gasteiger partial charge in [-0.1, -0.05) is 0 Å². The highest BCUT2D eigenvalue weighted by Gasteiger charge is 2.44. The predicted molar refractivity (Wildman–Crippen MR) is 97.6 cm³/mol. The van der Waals surface area contributed by atoms with Crippen molar-refractivity contribution in [2.24, 2.45) is 0 Å². The molecule has 1 aliphatic rings. The van der Waals surface area contributed by atoms with E-state index in [1.165, 1.54) is 6.20 Å². The van der Waals surface area contributed by atoms with Crippen molar-refractivity contribution < 1.29 is 4.79 Å². The average molecular weight is 336 g/mol. The molecule has 0 saturated carbocycles. The maximum Gasteiger partial charge on any atom is 0.254 e. The Kier molecular flexibility index (Phi) is 5.18. The summed E-state index contributed by atoms with van der Waals surface area (Å²) in [7, 11) is 0. The number of nitrogens with one attached hydrogen (secondary N) is 1. The van der Waals surface area contributed by atoms with E-state index < -0.39 is 0 Å². The SMILES string of the molecule is CC1(C)CCCC(C)(C)N1C(=O)c1ccc(NC=C(C#N)C#N)cc1. The zero-order chi connectivity index (χ0) is 18.7. The van der Waals surface area contributed by atoms with Crippen molar-refractivity contribution in [3.8, 4) is 12.1 Å². The van der Waals surface area contributed by atoms with Crippen LogP contribution in [0.2, 0.25) is 0 Å². The zero-order valence-corrected chi connectivity index (χ0v) is 15.3. The summed E-state index contributed by atoms with van der Waals surface area (Å²) in [5.74, 6) is 0.0338. The van der Waals surface area contributed by atoms with Crippen LogP contribution < -0.4 is 5.32 Å². The van der Waals surface area contributed by atoms with Crippen molar-refractivity contribution in [1.82, 2.24) is 4.90 Å². The molecular formula is C20H24N4O. The third-order valence-corrected chi connectivity index (χ3v) is 4.75. The van der Waals surface area contributed by atoms with Gasteiger partial charge in [-0.25, -0.2) is 0 Å². The Morgan fingerprint density at radius 3 is 2.08 bits per heavy atom. The number of hydrogen-bond donors (Lipinski definition) is 1. The van der Waals surface area contributed by atoms with Gasteiger partial charge in [0, 0.05) is 28.5 Å². The van der Waals surface area contributed by atoms with Crippen LogP contribution in [-0.4, -0.2) is 21.9 Å². The average Bonchev–Trinajstić information content (AvgIpc) is 2.54. The monoisotopic (exact) mass is 336 g/mol. The third kappa shape index (κ3) is 4.00. The van der Waals surface area contributed by atoms with Crippen molar-refractivity contribution in [3.63, 3.8) is 0 Å². The van der Waals surface area contributed by atoms with E-state index in [9.17, 15) is 4.79 Å². The molecule has 1 heterocycles. The van der Waals surface area contributed by atoms with E-state index in [-0.39, 0.29) is 22.6 Å². The number of likely N-dealkylation sites (tertiary alicyclic amines) is 1. The molecule has 2 rings (SSSR count). The van der Waals surface area contributed by atoms with Gasteiger partial charge in [-0.2, -0.15) is 10.5 Å². The fourth-order valence-electron chi connectivity index (χ4n) is 3.63. The highest BCUT2D eigenvalue weighted by molar-refractivity contribution is 5.95. The molecule has 0 unspecified atom stereocenters. The van der Waals surface area contributed by atoms with Gasteiger partial charge in [0.2, 0.25) is 0 Å². The molecule has 0 spiro atoms. The smallest absolute Gasteiger partial charge is 0.254 e. The van der Waals surface area contributed by atoms with E-state index >= 15 is 0 Å². The molecule has 0 radical (unpaired) electrons. The van der Waals surface area contributed by atoms with Crippen molar-refractivity contribution in [2.75, 3.05) is 5.32 Å². The number of nitriles is 2. The molecule has 0 aliphatic carbocycles. The number of amides is 1. The summed E-state index contributed by atoms with van der Waals surface area (Å²) in [6, 6.07) is 10.7. The lowest BCUT2D eigenvalue weighted by molar-refractivity contribution is -0.0111. The number of hydrogen-bond acceptors (Lipinski definition) is 4. The predicted octanol–water partition coefficient (Wildman–Crippen LogP) is 4.21. The van der Waals surface area contributed by atoms with Crippen LogP contribution in [0.5, 0.6) is 0 Å². The number of carbonyl (C=O) groups excluding carboxylic acids is 1. The van der Waals surface area contributed by atoms with Gasteiger partial charge in [-0.15, -0.1) is 0 Å². The normalized spacial score (nSPS) is 17.8. The summed E-state index contributed by atoms with van der Waals surface area (Å²) >= 11 is 0. The molecule has 1 N–H and O–H groups in total. The second kappa shape index (κ2) is 6.99. The number of nitrogens with zero attached hydrogens (tertiary/aromatic N) is 3. The van der Waals surface area contributed by atoms with Gasteiger partial charge in [0.1, 0.15) is 17.7 Å². The van der Waals surface area contributed by atoms with Crippen LogP contribution in [0.25, 0.3) is 0 Å². The number of rotatable bonds is 3. The Balaban J connectivity index is 2.22. The van der Waals surface area contributed by atoms with Crippen LogP contribution in [0.15, 0.2) is 36.0 Å². The third-order valence-electron chi connectivity index (χ3n) is 4.75. The van der Waals surface area contributed by atoms with E-state index in [0.29, 0.717) is 5.56 Å². The molecule has 1 aromatic carbocycles. The molecule has 1 saturated heterocycles. The molecular weight excluding hydrogens is 312 g/mol. The minimum Gasteiger partial charge on any atom is -0.360 e. The van der Waals surface area contributed by atoms with E-state index in [2.05, 4.69) is 33.0 Å². The van der Waals surface area contributed by atoms with Gasteiger partial charge in [0.25, 0.3) is 5.91 Å². The standard InChI is InChI=1S/C20H24N4O/c1-19(2)10-5-11-20(3,4)24(19)18(25)16-6-8-17(9-7-16)23-14-15(12-21)13-22/h6-9,14,23H,5,10-11H2,1-4H3. The Bertz CT molecular complexity index is 728. The molecule has 25 heavy (non-hydrogen) atoms. The van der Waals surface area contributed by atoms with E-state index in [1.54, 1.807) is 36.4 Å². The molecule has 1 aliphatic heterocycles. The molecule has 0 atom stereocenters. The largest absolute Gasteiger partial charge is 0.360 e.